The van der Waals surface area contributed by atoms with Gasteiger partial charge in [0.25, 0.3) is 0 Å². The van der Waals surface area contributed by atoms with E-state index in [9.17, 15) is 0 Å². The highest BCUT2D eigenvalue weighted by Gasteiger charge is 2.38. The van der Waals surface area contributed by atoms with Gasteiger partial charge in [0.05, 0.1) is 0 Å². The number of anilines is 3. The first kappa shape index (κ1) is 27.9. The molecule has 7 aromatic rings. The van der Waals surface area contributed by atoms with Crippen LogP contribution in [0.3, 0.4) is 0 Å². The maximum atomic E-state index is 2.41. The third kappa shape index (κ3) is 4.82. The zero-order chi connectivity index (χ0) is 31.1. The van der Waals surface area contributed by atoms with Gasteiger partial charge < -0.3 is 4.90 Å². The Balaban J connectivity index is 1.34. The Morgan fingerprint density at radius 1 is 0.348 bits per heavy atom. The van der Waals surface area contributed by atoms with Crippen LogP contribution in [0.2, 0.25) is 0 Å². The van der Waals surface area contributed by atoms with Gasteiger partial charge in [-0.1, -0.05) is 153 Å². The molecule has 0 aliphatic heterocycles. The molecule has 0 atom stereocenters. The number of benzene rings is 7. The number of hydrogen-bond acceptors (Lipinski definition) is 1. The average molecular weight is 590 g/mol. The largest absolute Gasteiger partial charge is 0.310 e. The second kappa shape index (κ2) is 11.4. The van der Waals surface area contributed by atoms with E-state index in [0.717, 1.165) is 17.1 Å². The summed E-state index contributed by atoms with van der Waals surface area (Å²) in [7, 11) is 0. The summed E-state index contributed by atoms with van der Waals surface area (Å²) in [6, 6.07) is 63.7. The number of nitrogens with zero attached hydrogens (tertiary/aromatic N) is 1. The summed E-state index contributed by atoms with van der Waals surface area (Å²) in [4.78, 5) is 2.41. The standard InChI is InChI=1S/C45H35N/c1-45(2)43-21-13-12-20-40(43)42-31-39(30-41(44(42)45)36-18-10-5-11-19-36)46(37-26-22-34(23-27-37)32-14-6-3-7-15-32)38-28-24-35(25-29-38)33-16-8-4-9-17-33/h3-31H,1-2H3. The highest BCUT2D eigenvalue weighted by Crippen LogP contribution is 2.54. The van der Waals surface area contributed by atoms with Crippen LogP contribution in [0.25, 0.3) is 44.5 Å². The van der Waals surface area contributed by atoms with Gasteiger partial charge in [0, 0.05) is 22.5 Å². The molecule has 0 aromatic heterocycles. The maximum Gasteiger partial charge on any atom is 0.0474 e. The van der Waals surface area contributed by atoms with Crippen molar-refractivity contribution in [1.82, 2.24) is 0 Å². The van der Waals surface area contributed by atoms with Crippen LogP contribution in [0, 0.1) is 0 Å². The molecular formula is C45H35N. The Morgan fingerprint density at radius 3 is 1.28 bits per heavy atom. The Hall–Kier alpha value is -5.66. The van der Waals surface area contributed by atoms with Gasteiger partial charge in [0.15, 0.2) is 0 Å². The molecule has 0 saturated carbocycles. The summed E-state index contributed by atoms with van der Waals surface area (Å²) in [5.74, 6) is 0. The zero-order valence-corrected chi connectivity index (χ0v) is 26.2. The van der Waals surface area contributed by atoms with E-state index in [-0.39, 0.29) is 5.41 Å². The molecule has 0 amide bonds. The van der Waals surface area contributed by atoms with Gasteiger partial charge in [0.1, 0.15) is 0 Å². The normalized spacial score (nSPS) is 12.7. The summed E-state index contributed by atoms with van der Waals surface area (Å²) in [6.07, 6.45) is 0. The third-order valence-electron chi connectivity index (χ3n) is 9.45. The van der Waals surface area contributed by atoms with Gasteiger partial charge in [-0.25, -0.2) is 0 Å². The number of fused-ring (bicyclic) bond motifs is 3. The van der Waals surface area contributed by atoms with Crippen molar-refractivity contribution < 1.29 is 0 Å². The van der Waals surface area contributed by atoms with E-state index in [0.29, 0.717) is 0 Å². The molecule has 0 saturated heterocycles. The van der Waals surface area contributed by atoms with Crippen LogP contribution in [0.4, 0.5) is 17.1 Å². The first-order chi connectivity index (χ1) is 22.6. The van der Waals surface area contributed by atoms with E-state index >= 15 is 0 Å². The first-order valence-corrected chi connectivity index (χ1v) is 16.0. The van der Waals surface area contributed by atoms with Crippen molar-refractivity contribution in [3.8, 4) is 44.5 Å². The quantitative estimate of drug-likeness (QED) is 0.186. The highest BCUT2D eigenvalue weighted by molar-refractivity contribution is 5.93. The summed E-state index contributed by atoms with van der Waals surface area (Å²) in [6.45, 7) is 4.73. The lowest BCUT2D eigenvalue weighted by atomic mass is 9.78. The van der Waals surface area contributed by atoms with Crippen molar-refractivity contribution in [1.29, 1.82) is 0 Å². The van der Waals surface area contributed by atoms with Crippen molar-refractivity contribution in [2.45, 2.75) is 19.3 Å². The highest BCUT2D eigenvalue weighted by atomic mass is 15.1. The molecule has 8 rings (SSSR count). The van der Waals surface area contributed by atoms with E-state index < -0.39 is 0 Å². The minimum absolute atomic E-state index is 0.116. The second-order valence-electron chi connectivity index (χ2n) is 12.6. The van der Waals surface area contributed by atoms with Crippen LogP contribution in [0.5, 0.6) is 0 Å². The Morgan fingerprint density at radius 2 is 0.761 bits per heavy atom. The van der Waals surface area contributed by atoms with Gasteiger partial charge in [-0.05, 0) is 92.0 Å². The Labute approximate surface area is 272 Å². The van der Waals surface area contributed by atoms with Crippen LogP contribution in [-0.4, -0.2) is 0 Å². The molecule has 0 N–H and O–H groups in total. The molecule has 0 unspecified atom stereocenters. The van der Waals surface area contributed by atoms with Crippen molar-refractivity contribution >= 4 is 17.1 Å². The predicted octanol–water partition coefficient (Wildman–Crippen LogP) is 12.5. The molecule has 1 aliphatic carbocycles. The molecule has 0 spiro atoms. The van der Waals surface area contributed by atoms with Crippen LogP contribution in [0.15, 0.2) is 176 Å². The molecule has 220 valence electrons. The van der Waals surface area contributed by atoms with E-state index in [4.69, 9.17) is 0 Å². The molecule has 1 aliphatic rings. The van der Waals surface area contributed by atoms with Gasteiger partial charge in [-0.3, -0.25) is 0 Å². The molecule has 7 aromatic carbocycles. The lowest BCUT2D eigenvalue weighted by molar-refractivity contribution is 0.662. The monoisotopic (exact) mass is 589 g/mol. The SMILES string of the molecule is CC1(C)c2ccccc2-c2cc(N(c3ccc(-c4ccccc4)cc3)c3ccc(-c4ccccc4)cc3)cc(-c3ccccc3)c21. The average Bonchev–Trinajstić information content (AvgIpc) is 3.36. The Bertz CT molecular complexity index is 2040. The van der Waals surface area contributed by atoms with Crippen LogP contribution >= 0.6 is 0 Å². The Kier molecular flexibility index (Phi) is 6.88. The summed E-state index contributed by atoms with van der Waals surface area (Å²) in [5, 5.41) is 0. The van der Waals surface area contributed by atoms with E-state index in [1.807, 2.05) is 0 Å². The van der Waals surface area contributed by atoms with Gasteiger partial charge in [0.2, 0.25) is 0 Å². The molecule has 0 bridgehead atoms. The fourth-order valence-corrected chi connectivity index (χ4v) is 7.20. The first-order valence-electron chi connectivity index (χ1n) is 16.0. The van der Waals surface area contributed by atoms with E-state index in [1.54, 1.807) is 0 Å². The molecule has 0 radical (unpaired) electrons. The van der Waals surface area contributed by atoms with Crippen LogP contribution in [-0.2, 0) is 5.41 Å². The van der Waals surface area contributed by atoms with E-state index in [1.165, 1.54) is 55.6 Å². The fourth-order valence-electron chi connectivity index (χ4n) is 7.20. The van der Waals surface area contributed by atoms with Gasteiger partial charge in [-0.15, -0.1) is 0 Å². The summed E-state index contributed by atoms with van der Waals surface area (Å²) >= 11 is 0. The molecule has 0 fully saturated rings. The molecule has 1 heteroatoms. The molecule has 1 nitrogen and oxygen atoms in total. The minimum Gasteiger partial charge on any atom is -0.310 e. The maximum absolute atomic E-state index is 2.41. The van der Waals surface area contributed by atoms with Crippen molar-refractivity contribution in [3.63, 3.8) is 0 Å². The van der Waals surface area contributed by atoms with Crippen LogP contribution < -0.4 is 4.90 Å². The van der Waals surface area contributed by atoms with Gasteiger partial charge in [-0.2, -0.15) is 0 Å². The smallest absolute Gasteiger partial charge is 0.0474 e. The van der Waals surface area contributed by atoms with Crippen molar-refractivity contribution in [2.24, 2.45) is 0 Å². The second-order valence-corrected chi connectivity index (χ2v) is 12.6. The molecular weight excluding hydrogens is 555 g/mol. The summed E-state index contributed by atoms with van der Waals surface area (Å²) in [5.41, 5.74) is 16.0. The lowest BCUT2D eigenvalue weighted by Crippen LogP contribution is -2.17. The van der Waals surface area contributed by atoms with Crippen LogP contribution in [0.1, 0.15) is 25.0 Å². The number of rotatable bonds is 6. The third-order valence-corrected chi connectivity index (χ3v) is 9.45. The van der Waals surface area contributed by atoms with Crippen molar-refractivity contribution in [3.05, 3.63) is 187 Å². The number of hydrogen-bond donors (Lipinski definition) is 0. The van der Waals surface area contributed by atoms with E-state index in [2.05, 4.69) is 195 Å². The fraction of sp³-hybridized carbons (Fsp3) is 0.0667. The topological polar surface area (TPSA) is 3.24 Å². The molecule has 0 heterocycles. The predicted molar refractivity (Wildman–Crippen MR) is 195 cm³/mol. The van der Waals surface area contributed by atoms with Gasteiger partial charge >= 0.3 is 0 Å². The van der Waals surface area contributed by atoms with Crippen molar-refractivity contribution in [2.75, 3.05) is 4.90 Å². The lowest BCUT2D eigenvalue weighted by Gasteiger charge is -2.29. The zero-order valence-electron chi connectivity index (χ0n) is 26.2. The minimum atomic E-state index is -0.116. The molecule has 46 heavy (non-hydrogen) atoms. The summed E-state index contributed by atoms with van der Waals surface area (Å²) < 4.78 is 0.